The molecule has 0 aliphatic carbocycles. The van der Waals surface area contributed by atoms with Crippen LogP contribution in [-0.4, -0.2) is 63.8 Å². The van der Waals surface area contributed by atoms with Gasteiger partial charge in [0.15, 0.2) is 0 Å². The maximum absolute atomic E-state index is 11.9. The fourth-order valence-corrected chi connectivity index (χ4v) is 3.39. The summed E-state index contributed by atoms with van der Waals surface area (Å²) in [7, 11) is 1.49. The van der Waals surface area contributed by atoms with Crippen LogP contribution in [0.15, 0.2) is 24.4 Å². The summed E-state index contributed by atoms with van der Waals surface area (Å²) in [5, 5.41) is 24.3. The van der Waals surface area contributed by atoms with Crippen LogP contribution in [0.1, 0.15) is 45.3 Å². The minimum atomic E-state index is -1.21. The fourth-order valence-electron chi connectivity index (χ4n) is 3.39. The quantitative estimate of drug-likeness (QED) is 0.673. The molecule has 1 aromatic carbocycles. The van der Waals surface area contributed by atoms with E-state index in [4.69, 9.17) is 14.2 Å². The first-order chi connectivity index (χ1) is 14.2. The van der Waals surface area contributed by atoms with Gasteiger partial charge in [-0.1, -0.05) is 12.1 Å². The highest BCUT2D eigenvalue weighted by atomic mass is 16.6. The molecule has 2 heterocycles. The Kier molecular flexibility index (Phi) is 6.74. The summed E-state index contributed by atoms with van der Waals surface area (Å²) in [5.41, 5.74) is 0.922. The van der Waals surface area contributed by atoms with Crippen molar-refractivity contribution in [2.75, 3.05) is 13.7 Å². The van der Waals surface area contributed by atoms with Gasteiger partial charge in [0.2, 0.25) is 5.88 Å². The van der Waals surface area contributed by atoms with Crippen molar-refractivity contribution in [3.63, 3.8) is 0 Å². The van der Waals surface area contributed by atoms with Crippen molar-refractivity contribution in [2.45, 2.75) is 63.6 Å². The molecule has 1 amide bonds. The Labute approximate surface area is 175 Å². The van der Waals surface area contributed by atoms with Crippen molar-refractivity contribution < 1.29 is 29.2 Å². The van der Waals surface area contributed by atoms with Gasteiger partial charge in [-0.2, -0.15) is 0 Å². The van der Waals surface area contributed by atoms with Crippen LogP contribution in [0.4, 0.5) is 4.79 Å². The first-order valence-corrected chi connectivity index (χ1v) is 9.95. The maximum atomic E-state index is 11.9. The number of nitrogens with zero attached hydrogens (tertiary/aromatic N) is 2. The largest absolute Gasteiger partial charge is 0.480 e. The number of hydrogen-bond donors (Lipinski definition) is 3. The van der Waals surface area contributed by atoms with Crippen LogP contribution in [0.2, 0.25) is 0 Å². The molecule has 164 valence electrons. The topological polar surface area (TPSA) is 123 Å². The third-order valence-corrected chi connectivity index (χ3v) is 4.85. The Balaban J connectivity index is 1.63. The Morgan fingerprint density at radius 1 is 1.30 bits per heavy atom. The molecule has 30 heavy (non-hydrogen) atoms. The molecular weight excluding hydrogens is 390 g/mol. The SMILES string of the molecule is COc1cnc2cccc([C@@H](O)[C@@H](O)[C@H]3CC[C@H](NC(=O)OC(C)(C)C)CO3)c2n1. The van der Waals surface area contributed by atoms with Crippen LogP contribution in [0, 0.1) is 0 Å². The number of aliphatic hydroxyl groups excluding tert-OH is 2. The second kappa shape index (κ2) is 9.11. The number of methoxy groups -OCH3 is 1. The first-order valence-electron chi connectivity index (χ1n) is 9.95. The zero-order valence-electron chi connectivity index (χ0n) is 17.7. The van der Waals surface area contributed by atoms with E-state index in [9.17, 15) is 15.0 Å². The molecule has 1 aliphatic heterocycles. The zero-order valence-corrected chi connectivity index (χ0v) is 17.7. The molecule has 2 aromatic rings. The summed E-state index contributed by atoms with van der Waals surface area (Å²) < 4.78 is 16.1. The van der Waals surface area contributed by atoms with E-state index in [0.29, 0.717) is 35.3 Å². The lowest BCUT2D eigenvalue weighted by molar-refractivity contribution is -0.113. The molecule has 0 bridgehead atoms. The highest BCUT2D eigenvalue weighted by molar-refractivity contribution is 5.78. The number of para-hydroxylation sites is 1. The molecule has 9 nitrogen and oxygen atoms in total. The number of alkyl carbamates (subject to hydrolysis) is 1. The number of hydrogen-bond acceptors (Lipinski definition) is 8. The molecule has 1 fully saturated rings. The highest BCUT2D eigenvalue weighted by Gasteiger charge is 2.34. The van der Waals surface area contributed by atoms with Crippen LogP contribution < -0.4 is 10.1 Å². The van der Waals surface area contributed by atoms with Crippen molar-refractivity contribution >= 4 is 17.1 Å². The Bertz CT molecular complexity index is 877. The summed E-state index contributed by atoms with van der Waals surface area (Å²) in [6, 6.07) is 5.00. The minimum absolute atomic E-state index is 0.215. The number of ether oxygens (including phenoxy) is 3. The van der Waals surface area contributed by atoms with E-state index in [1.54, 1.807) is 39.0 Å². The van der Waals surface area contributed by atoms with E-state index >= 15 is 0 Å². The minimum Gasteiger partial charge on any atom is -0.480 e. The second-order valence-corrected chi connectivity index (χ2v) is 8.36. The van der Waals surface area contributed by atoms with Crippen molar-refractivity contribution in [3.05, 3.63) is 30.0 Å². The Hall–Kier alpha value is -2.49. The first kappa shape index (κ1) is 22.2. The van der Waals surface area contributed by atoms with Gasteiger partial charge in [-0.25, -0.2) is 14.8 Å². The lowest BCUT2D eigenvalue weighted by Gasteiger charge is -2.34. The number of aliphatic hydroxyl groups is 2. The van der Waals surface area contributed by atoms with E-state index < -0.39 is 30.0 Å². The summed E-state index contributed by atoms with van der Waals surface area (Å²) in [4.78, 5) is 20.5. The van der Waals surface area contributed by atoms with Gasteiger partial charge in [0.05, 0.1) is 43.1 Å². The van der Waals surface area contributed by atoms with Crippen molar-refractivity contribution in [1.29, 1.82) is 0 Å². The van der Waals surface area contributed by atoms with Crippen LogP contribution in [-0.2, 0) is 9.47 Å². The van der Waals surface area contributed by atoms with E-state index in [1.165, 1.54) is 13.3 Å². The van der Waals surface area contributed by atoms with Crippen molar-refractivity contribution in [2.24, 2.45) is 0 Å². The van der Waals surface area contributed by atoms with E-state index in [2.05, 4.69) is 15.3 Å². The predicted molar refractivity (Wildman–Crippen MR) is 109 cm³/mol. The summed E-state index contributed by atoms with van der Waals surface area (Å²) >= 11 is 0. The standard InChI is InChI=1S/C21H29N3O6/c1-21(2,3)30-20(27)23-12-8-9-15(29-11-12)19(26)18(25)13-6-5-7-14-17(13)24-16(28-4)10-22-14/h5-7,10,12,15,18-19,25-26H,8-9,11H2,1-4H3,(H,23,27)/t12-,15+,18+,19-/m0/s1. The van der Waals surface area contributed by atoms with Crippen LogP contribution in [0.25, 0.3) is 11.0 Å². The molecular formula is C21H29N3O6. The summed E-state index contributed by atoms with van der Waals surface area (Å²) in [6.07, 6.45) is -0.891. The molecule has 4 atom stereocenters. The van der Waals surface area contributed by atoms with Crippen LogP contribution in [0.5, 0.6) is 5.88 Å². The average Bonchev–Trinajstić information content (AvgIpc) is 2.71. The predicted octanol–water partition coefficient (Wildman–Crippen LogP) is 2.10. The monoisotopic (exact) mass is 419 g/mol. The molecule has 0 spiro atoms. The number of nitrogens with one attached hydrogen (secondary N) is 1. The smallest absolute Gasteiger partial charge is 0.407 e. The lowest BCUT2D eigenvalue weighted by atomic mass is 9.94. The molecule has 3 N–H and O–H groups in total. The Morgan fingerprint density at radius 2 is 2.07 bits per heavy atom. The van der Waals surface area contributed by atoms with Gasteiger partial charge in [-0.3, -0.25) is 0 Å². The van der Waals surface area contributed by atoms with Gasteiger partial charge >= 0.3 is 6.09 Å². The maximum Gasteiger partial charge on any atom is 0.407 e. The summed E-state index contributed by atoms with van der Waals surface area (Å²) in [5.74, 6) is 0.321. The van der Waals surface area contributed by atoms with Gasteiger partial charge in [0.1, 0.15) is 17.8 Å². The average molecular weight is 419 g/mol. The normalized spacial score (nSPS) is 21.7. The van der Waals surface area contributed by atoms with E-state index in [1.807, 2.05) is 0 Å². The van der Waals surface area contributed by atoms with E-state index in [-0.39, 0.29) is 12.6 Å². The Morgan fingerprint density at radius 3 is 2.70 bits per heavy atom. The molecule has 0 saturated carbocycles. The van der Waals surface area contributed by atoms with Crippen molar-refractivity contribution in [1.82, 2.24) is 15.3 Å². The number of carbonyl (C=O) groups excluding carboxylic acids is 1. The number of benzene rings is 1. The number of carbonyl (C=O) groups is 1. The number of aromatic nitrogens is 2. The number of rotatable bonds is 5. The molecule has 3 rings (SSSR count). The number of amides is 1. The fraction of sp³-hybridized carbons (Fsp3) is 0.571. The molecule has 1 aromatic heterocycles. The molecule has 0 radical (unpaired) electrons. The van der Waals surface area contributed by atoms with Gasteiger partial charge in [0.25, 0.3) is 0 Å². The van der Waals surface area contributed by atoms with Gasteiger partial charge < -0.3 is 29.7 Å². The van der Waals surface area contributed by atoms with Crippen LogP contribution >= 0.6 is 0 Å². The lowest BCUT2D eigenvalue weighted by Crippen LogP contribution is -2.47. The third kappa shape index (κ3) is 5.35. The zero-order chi connectivity index (χ0) is 21.9. The summed E-state index contributed by atoms with van der Waals surface area (Å²) in [6.45, 7) is 5.61. The number of fused-ring (bicyclic) bond motifs is 1. The van der Waals surface area contributed by atoms with Gasteiger partial charge in [0, 0.05) is 5.56 Å². The van der Waals surface area contributed by atoms with Gasteiger partial charge in [-0.15, -0.1) is 0 Å². The van der Waals surface area contributed by atoms with Crippen LogP contribution in [0.3, 0.4) is 0 Å². The molecule has 1 saturated heterocycles. The third-order valence-electron chi connectivity index (χ3n) is 4.85. The van der Waals surface area contributed by atoms with E-state index in [0.717, 1.165) is 0 Å². The van der Waals surface area contributed by atoms with Gasteiger partial charge in [-0.05, 0) is 39.7 Å². The molecule has 9 heteroatoms. The second-order valence-electron chi connectivity index (χ2n) is 8.36. The molecule has 0 unspecified atom stereocenters. The highest BCUT2D eigenvalue weighted by Crippen LogP contribution is 2.30. The molecule has 1 aliphatic rings. The van der Waals surface area contributed by atoms with Crippen molar-refractivity contribution in [3.8, 4) is 5.88 Å².